The first kappa shape index (κ1) is 13.6. The number of aliphatic hydroxyl groups is 1. The highest BCUT2D eigenvalue weighted by molar-refractivity contribution is 14.1. The van der Waals surface area contributed by atoms with Crippen LogP contribution in [0.1, 0.15) is 19.8 Å². The first-order valence-corrected chi connectivity index (χ1v) is 6.61. The van der Waals surface area contributed by atoms with Gasteiger partial charge in [-0.3, -0.25) is 0 Å². The second kappa shape index (κ2) is 6.96. The van der Waals surface area contributed by atoms with E-state index in [2.05, 4.69) is 34.8 Å². The lowest BCUT2D eigenvalue weighted by molar-refractivity contribution is 0.229. The zero-order chi connectivity index (χ0) is 12.0. The molecule has 4 N–H and O–H groups in total. The number of anilines is 2. The highest BCUT2D eigenvalue weighted by Crippen LogP contribution is 2.20. The van der Waals surface area contributed by atoms with E-state index in [9.17, 15) is 0 Å². The molecule has 0 saturated carbocycles. The Bertz CT molecular complexity index is 331. The standard InChI is InChI=1S/C12H19IN2O/c1-9(8-16)3-2-6-15-12-5-4-10(13)7-11(12)14/h4-5,7,9,15-16H,2-3,6,8,14H2,1H3. The van der Waals surface area contributed by atoms with E-state index in [-0.39, 0.29) is 6.61 Å². The molecule has 0 bridgehead atoms. The van der Waals surface area contributed by atoms with Crippen molar-refractivity contribution in [2.75, 3.05) is 24.2 Å². The second-order valence-corrected chi connectivity index (χ2v) is 5.33. The van der Waals surface area contributed by atoms with Gasteiger partial charge in [0.25, 0.3) is 0 Å². The zero-order valence-electron chi connectivity index (χ0n) is 9.54. The van der Waals surface area contributed by atoms with Crippen LogP contribution in [0.2, 0.25) is 0 Å². The van der Waals surface area contributed by atoms with Crippen LogP contribution in [0, 0.1) is 9.49 Å². The smallest absolute Gasteiger partial charge is 0.0574 e. The van der Waals surface area contributed by atoms with Crippen LogP contribution in [0.4, 0.5) is 11.4 Å². The molecule has 0 aliphatic carbocycles. The largest absolute Gasteiger partial charge is 0.397 e. The minimum Gasteiger partial charge on any atom is -0.397 e. The second-order valence-electron chi connectivity index (χ2n) is 4.09. The number of hydrogen-bond donors (Lipinski definition) is 3. The Balaban J connectivity index is 2.32. The fourth-order valence-corrected chi connectivity index (χ4v) is 1.97. The van der Waals surface area contributed by atoms with Crippen molar-refractivity contribution in [3.63, 3.8) is 0 Å². The summed E-state index contributed by atoms with van der Waals surface area (Å²) in [5, 5.41) is 12.2. The minimum absolute atomic E-state index is 0.270. The monoisotopic (exact) mass is 334 g/mol. The first-order valence-electron chi connectivity index (χ1n) is 5.53. The highest BCUT2D eigenvalue weighted by Gasteiger charge is 2.01. The molecule has 1 rings (SSSR count). The van der Waals surface area contributed by atoms with E-state index < -0.39 is 0 Å². The number of nitrogens with one attached hydrogen (secondary N) is 1. The third-order valence-corrected chi connectivity index (χ3v) is 3.19. The summed E-state index contributed by atoms with van der Waals surface area (Å²) < 4.78 is 1.15. The molecular formula is C12H19IN2O. The fraction of sp³-hybridized carbons (Fsp3) is 0.500. The van der Waals surface area contributed by atoms with Crippen molar-refractivity contribution in [3.8, 4) is 0 Å². The molecule has 0 aliphatic heterocycles. The van der Waals surface area contributed by atoms with Crippen molar-refractivity contribution in [1.82, 2.24) is 0 Å². The molecule has 0 amide bonds. The van der Waals surface area contributed by atoms with Gasteiger partial charge in [0.15, 0.2) is 0 Å². The third-order valence-electron chi connectivity index (χ3n) is 2.51. The Kier molecular flexibility index (Phi) is 5.90. The Morgan fingerprint density at radius 2 is 2.25 bits per heavy atom. The number of halogens is 1. The van der Waals surface area contributed by atoms with E-state index in [1.807, 2.05) is 18.2 Å². The summed E-state index contributed by atoms with van der Waals surface area (Å²) in [6, 6.07) is 6.00. The van der Waals surface area contributed by atoms with Gasteiger partial charge in [-0.2, -0.15) is 0 Å². The summed E-state index contributed by atoms with van der Waals surface area (Å²) in [6.45, 7) is 3.22. The molecule has 0 aromatic heterocycles. The van der Waals surface area contributed by atoms with Gasteiger partial charge in [-0.25, -0.2) is 0 Å². The lowest BCUT2D eigenvalue weighted by Crippen LogP contribution is -2.07. The maximum absolute atomic E-state index is 8.88. The van der Waals surface area contributed by atoms with Crippen LogP contribution < -0.4 is 11.1 Å². The molecule has 0 heterocycles. The maximum atomic E-state index is 8.88. The van der Waals surface area contributed by atoms with Gasteiger partial charge in [0.1, 0.15) is 0 Å². The molecule has 0 radical (unpaired) electrons. The van der Waals surface area contributed by atoms with Crippen LogP contribution in [0.25, 0.3) is 0 Å². The lowest BCUT2D eigenvalue weighted by Gasteiger charge is -2.11. The number of hydrogen-bond acceptors (Lipinski definition) is 3. The normalized spacial score (nSPS) is 12.4. The van der Waals surface area contributed by atoms with Crippen molar-refractivity contribution in [3.05, 3.63) is 21.8 Å². The van der Waals surface area contributed by atoms with E-state index in [0.29, 0.717) is 5.92 Å². The minimum atomic E-state index is 0.270. The van der Waals surface area contributed by atoms with Crippen LogP contribution in [0.15, 0.2) is 18.2 Å². The summed E-state index contributed by atoms with van der Waals surface area (Å²) >= 11 is 2.25. The SMILES string of the molecule is CC(CO)CCCNc1ccc(I)cc1N. The van der Waals surface area contributed by atoms with Gasteiger partial charge in [-0.05, 0) is 59.5 Å². The van der Waals surface area contributed by atoms with Crippen molar-refractivity contribution >= 4 is 34.0 Å². The van der Waals surface area contributed by atoms with Gasteiger partial charge in [0, 0.05) is 16.7 Å². The van der Waals surface area contributed by atoms with E-state index in [1.54, 1.807) is 0 Å². The first-order chi connectivity index (χ1) is 7.63. The molecule has 16 heavy (non-hydrogen) atoms. The molecule has 0 saturated heterocycles. The predicted molar refractivity (Wildman–Crippen MR) is 77.5 cm³/mol. The van der Waals surface area contributed by atoms with Gasteiger partial charge in [0.2, 0.25) is 0 Å². The van der Waals surface area contributed by atoms with Crippen LogP contribution >= 0.6 is 22.6 Å². The van der Waals surface area contributed by atoms with Crippen molar-refractivity contribution in [1.29, 1.82) is 0 Å². The third kappa shape index (κ3) is 4.57. The zero-order valence-corrected chi connectivity index (χ0v) is 11.7. The number of benzene rings is 1. The van der Waals surface area contributed by atoms with Crippen LogP contribution in [-0.2, 0) is 0 Å². The lowest BCUT2D eigenvalue weighted by atomic mass is 10.1. The summed E-state index contributed by atoms with van der Waals surface area (Å²) in [6.07, 6.45) is 2.08. The number of aliphatic hydroxyl groups excluding tert-OH is 1. The van der Waals surface area contributed by atoms with Crippen LogP contribution in [-0.4, -0.2) is 18.3 Å². The molecule has 3 nitrogen and oxygen atoms in total. The summed E-state index contributed by atoms with van der Waals surface area (Å²) in [4.78, 5) is 0. The van der Waals surface area contributed by atoms with E-state index in [4.69, 9.17) is 10.8 Å². The molecular weight excluding hydrogens is 315 g/mol. The molecule has 1 aromatic carbocycles. The van der Waals surface area contributed by atoms with E-state index in [0.717, 1.165) is 34.3 Å². The number of nitrogens with two attached hydrogens (primary N) is 1. The van der Waals surface area contributed by atoms with Crippen molar-refractivity contribution in [2.45, 2.75) is 19.8 Å². The quantitative estimate of drug-likeness (QED) is 0.426. The van der Waals surface area contributed by atoms with Gasteiger partial charge in [-0.15, -0.1) is 0 Å². The predicted octanol–water partition coefficient (Wildman–Crippen LogP) is 2.69. The fourth-order valence-electron chi connectivity index (χ4n) is 1.46. The van der Waals surface area contributed by atoms with Gasteiger partial charge in [-0.1, -0.05) is 6.92 Å². The maximum Gasteiger partial charge on any atom is 0.0574 e. The molecule has 0 fully saturated rings. The number of rotatable bonds is 6. The topological polar surface area (TPSA) is 58.3 Å². The summed E-state index contributed by atoms with van der Waals surface area (Å²) in [7, 11) is 0. The molecule has 1 aromatic rings. The Labute approximate surface area is 111 Å². The van der Waals surface area contributed by atoms with Gasteiger partial charge < -0.3 is 16.2 Å². The Hall–Kier alpha value is -0.490. The molecule has 1 atom stereocenters. The van der Waals surface area contributed by atoms with Gasteiger partial charge >= 0.3 is 0 Å². The summed E-state index contributed by atoms with van der Waals surface area (Å²) in [5.74, 6) is 0.385. The van der Waals surface area contributed by atoms with Crippen molar-refractivity contribution in [2.24, 2.45) is 5.92 Å². The molecule has 0 aliphatic rings. The summed E-state index contributed by atoms with van der Waals surface area (Å²) in [5.41, 5.74) is 7.67. The molecule has 0 spiro atoms. The number of nitrogen functional groups attached to an aromatic ring is 1. The highest BCUT2D eigenvalue weighted by atomic mass is 127. The molecule has 4 heteroatoms. The van der Waals surface area contributed by atoms with E-state index >= 15 is 0 Å². The molecule has 1 unspecified atom stereocenters. The molecule has 90 valence electrons. The van der Waals surface area contributed by atoms with Gasteiger partial charge in [0.05, 0.1) is 11.4 Å². The Morgan fingerprint density at radius 3 is 2.88 bits per heavy atom. The van der Waals surface area contributed by atoms with Crippen LogP contribution in [0.3, 0.4) is 0 Å². The average Bonchev–Trinajstić information content (AvgIpc) is 2.26. The van der Waals surface area contributed by atoms with Crippen molar-refractivity contribution < 1.29 is 5.11 Å². The Morgan fingerprint density at radius 1 is 1.50 bits per heavy atom. The average molecular weight is 334 g/mol. The van der Waals surface area contributed by atoms with Crippen LogP contribution in [0.5, 0.6) is 0 Å². The van der Waals surface area contributed by atoms with E-state index in [1.165, 1.54) is 0 Å².